The highest BCUT2D eigenvalue weighted by Gasteiger charge is 2.26. The van der Waals surface area contributed by atoms with Crippen LogP contribution in [0.5, 0.6) is 5.75 Å². The van der Waals surface area contributed by atoms with Crippen molar-refractivity contribution in [3.8, 4) is 5.75 Å². The van der Waals surface area contributed by atoms with Crippen LogP contribution in [0.15, 0.2) is 42.5 Å². The van der Waals surface area contributed by atoms with E-state index < -0.39 is 0 Å². The standard InChI is InChI=1S/C18H19NO/c1-12-10-13-4-2-3-5-16(13)19-18(12)15-6-7-17-14(11-15)8-9-20-17/h2-7,11-12,18-19H,8-10H2,1H3. The molecule has 0 aromatic heterocycles. The van der Waals surface area contributed by atoms with E-state index in [2.05, 4.69) is 54.7 Å². The number of hydrogen-bond acceptors (Lipinski definition) is 2. The van der Waals surface area contributed by atoms with Gasteiger partial charge in [0.25, 0.3) is 0 Å². The summed E-state index contributed by atoms with van der Waals surface area (Å²) in [6, 6.07) is 15.7. The summed E-state index contributed by atoms with van der Waals surface area (Å²) >= 11 is 0. The Morgan fingerprint density at radius 2 is 2.00 bits per heavy atom. The first kappa shape index (κ1) is 11.8. The summed E-state index contributed by atoms with van der Waals surface area (Å²) in [5.74, 6) is 1.67. The van der Waals surface area contributed by atoms with E-state index >= 15 is 0 Å². The van der Waals surface area contributed by atoms with E-state index in [1.165, 1.54) is 22.4 Å². The number of anilines is 1. The maximum absolute atomic E-state index is 5.60. The van der Waals surface area contributed by atoms with Crippen LogP contribution >= 0.6 is 0 Å². The van der Waals surface area contributed by atoms with Gasteiger partial charge in [-0.3, -0.25) is 0 Å². The Hall–Kier alpha value is -1.96. The molecule has 0 saturated heterocycles. The molecule has 0 bridgehead atoms. The first-order valence-corrected chi connectivity index (χ1v) is 7.41. The van der Waals surface area contributed by atoms with E-state index in [9.17, 15) is 0 Å². The molecule has 0 saturated carbocycles. The van der Waals surface area contributed by atoms with Gasteiger partial charge in [0.1, 0.15) is 5.75 Å². The van der Waals surface area contributed by atoms with Gasteiger partial charge in [0.15, 0.2) is 0 Å². The molecule has 2 heterocycles. The molecule has 2 aliphatic heterocycles. The van der Waals surface area contributed by atoms with Crippen LogP contribution in [0.25, 0.3) is 0 Å². The SMILES string of the molecule is CC1Cc2ccccc2NC1c1ccc2c(c1)CCO2. The average Bonchev–Trinajstić information content (AvgIpc) is 2.94. The molecule has 2 nitrogen and oxygen atoms in total. The summed E-state index contributed by atoms with van der Waals surface area (Å²) < 4.78 is 5.60. The van der Waals surface area contributed by atoms with Crippen LogP contribution < -0.4 is 10.1 Å². The fourth-order valence-electron chi connectivity index (χ4n) is 3.43. The zero-order valence-corrected chi connectivity index (χ0v) is 11.7. The second-order valence-electron chi connectivity index (χ2n) is 5.93. The smallest absolute Gasteiger partial charge is 0.122 e. The van der Waals surface area contributed by atoms with E-state index in [1.807, 2.05) is 0 Å². The van der Waals surface area contributed by atoms with Crippen LogP contribution in [0.1, 0.15) is 29.7 Å². The molecule has 2 unspecified atom stereocenters. The van der Waals surface area contributed by atoms with Gasteiger partial charge >= 0.3 is 0 Å². The molecule has 4 rings (SSSR count). The third-order valence-electron chi connectivity index (χ3n) is 4.51. The molecule has 102 valence electrons. The van der Waals surface area contributed by atoms with Gasteiger partial charge in [-0.25, -0.2) is 0 Å². The Morgan fingerprint density at radius 1 is 1.10 bits per heavy atom. The van der Waals surface area contributed by atoms with E-state index in [4.69, 9.17) is 4.74 Å². The molecule has 2 aliphatic rings. The lowest BCUT2D eigenvalue weighted by molar-refractivity contribution is 0.356. The largest absolute Gasteiger partial charge is 0.493 e. The van der Waals surface area contributed by atoms with Gasteiger partial charge in [-0.1, -0.05) is 31.2 Å². The van der Waals surface area contributed by atoms with E-state index in [0.29, 0.717) is 12.0 Å². The van der Waals surface area contributed by atoms with Crippen LogP contribution in [0.3, 0.4) is 0 Å². The molecule has 0 fully saturated rings. The van der Waals surface area contributed by atoms with Crippen LogP contribution in [0.4, 0.5) is 5.69 Å². The maximum atomic E-state index is 5.60. The normalized spacial score (nSPS) is 23.4. The number of nitrogens with one attached hydrogen (secondary N) is 1. The summed E-state index contributed by atoms with van der Waals surface area (Å²) in [6.45, 7) is 3.16. The maximum Gasteiger partial charge on any atom is 0.122 e. The van der Waals surface area contributed by atoms with E-state index in [-0.39, 0.29) is 0 Å². The van der Waals surface area contributed by atoms with Gasteiger partial charge in [0.05, 0.1) is 12.6 Å². The van der Waals surface area contributed by atoms with Crippen molar-refractivity contribution in [1.82, 2.24) is 0 Å². The van der Waals surface area contributed by atoms with Crippen LogP contribution in [-0.2, 0) is 12.8 Å². The number of hydrogen-bond donors (Lipinski definition) is 1. The molecular weight excluding hydrogens is 246 g/mol. The van der Waals surface area contributed by atoms with Gasteiger partial charge in [-0.15, -0.1) is 0 Å². The van der Waals surface area contributed by atoms with Gasteiger partial charge in [0.2, 0.25) is 0 Å². The highest BCUT2D eigenvalue weighted by atomic mass is 16.5. The lowest BCUT2D eigenvalue weighted by Gasteiger charge is -2.33. The van der Waals surface area contributed by atoms with Crippen molar-refractivity contribution in [2.45, 2.75) is 25.8 Å². The summed E-state index contributed by atoms with van der Waals surface area (Å²) in [5.41, 5.74) is 5.46. The Morgan fingerprint density at radius 3 is 2.95 bits per heavy atom. The van der Waals surface area contributed by atoms with Crippen molar-refractivity contribution in [1.29, 1.82) is 0 Å². The van der Waals surface area contributed by atoms with Crippen LogP contribution in [0.2, 0.25) is 0 Å². The molecule has 2 heteroatoms. The molecule has 2 aromatic rings. The molecule has 1 N–H and O–H groups in total. The second kappa shape index (κ2) is 4.55. The molecular formula is C18H19NO. The van der Waals surface area contributed by atoms with Gasteiger partial charge in [-0.05, 0) is 47.2 Å². The first-order valence-electron chi connectivity index (χ1n) is 7.41. The first-order chi connectivity index (χ1) is 9.81. The van der Waals surface area contributed by atoms with Crippen molar-refractivity contribution in [2.75, 3.05) is 11.9 Å². The Bertz CT molecular complexity index is 650. The monoisotopic (exact) mass is 265 g/mol. The van der Waals surface area contributed by atoms with Gasteiger partial charge in [0, 0.05) is 12.1 Å². The molecule has 0 radical (unpaired) electrons. The van der Waals surface area contributed by atoms with Gasteiger partial charge in [-0.2, -0.15) is 0 Å². The predicted octanol–water partition coefficient (Wildman–Crippen LogP) is 3.97. The third kappa shape index (κ3) is 1.87. The summed E-state index contributed by atoms with van der Waals surface area (Å²) in [4.78, 5) is 0. The topological polar surface area (TPSA) is 21.3 Å². The molecule has 0 amide bonds. The molecule has 0 aliphatic carbocycles. The van der Waals surface area contributed by atoms with E-state index in [0.717, 1.165) is 25.2 Å². The van der Waals surface area contributed by atoms with Crippen molar-refractivity contribution >= 4 is 5.69 Å². The fraction of sp³-hybridized carbons (Fsp3) is 0.333. The van der Waals surface area contributed by atoms with Crippen molar-refractivity contribution in [3.63, 3.8) is 0 Å². The molecule has 20 heavy (non-hydrogen) atoms. The Kier molecular flexibility index (Phi) is 2.69. The fourth-order valence-corrected chi connectivity index (χ4v) is 3.43. The quantitative estimate of drug-likeness (QED) is 0.842. The number of ether oxygens (including phenoxy) is 1. The predicted molar refractivity (Wildman–Crippen MR) is 81.3 cm³/mol. The lowest BCUT2D eigenvalue weighted by Crippen LogP contribution is -2.26. The van der Waals surface area contributed by atoms with Crippen molar-refractivity contribution < 1.29 is 4.74 Å². The minimum atomic E-state index is 0.399. The van der Waals surface area contributed by atoms with Crippen molar-refractivity contribution in [3.05, 3.63) is 59.2 Å². The number of fused-ring (bicyclic) bond motifs is 2. The average molecular weight is 265 g/mol. The number of rotatable bonds is 1. The summed E-state index contributed by atoms with van der Waals surface area (Å²) in [7, 11) is 0. The Balaban J connectivity index is 1.69. The summed E-state index contributed by atoms with van der Waals surface area (Å²) in [6.07, 6.45) is 2.18. The highest BCUT2D eigenvalue weighted by Crippen LogP contribution is 2.38. The molecule has 2 atom stereocenters. The van der Waals surface area contributed by atoms with Crippen LogP contribution in [0, 0.1) is 5.92 Å². The number of benzene rings is 2. The Labute approximate surface area is 119 Å². The molecule has 0 spiro atoms. The van der Waals surface area contributed by atoms with Gasteiger partial charge < -0.3 is 10.1 Å². The minimum absolute atomic E-state index is 0.399. The van der Waals surface area contributed by atoms with Crippen molar-refractivity contribution in [2.24, 2.45) is 5.92 Å². The summed E-state index contributed by atoms with van der Waals surface area (Å²) in [5, 5.41) is 3.71. The highest BCUT2D eigenvalue weighted by molar-refractivity contribution is 5.56. The number of para-hydroxylation sites is 1. The third-order valence-corrected chi connectivity index (χ3v) is 4.51. The minimum Gasteiger partial charge on any atom is -0.493 e. The second-order valence-corrected chi connectivity index (χ2v) is 5.93. The van der Waals surface area contributed by atoms with Crippen LogP contribution in [-0.4, -0.2) is 6.61 Å². The zero-order valence-electron chi connectivity index (χ0n) is 11.7. The van der Waals surface area contributed by atoms with E-state index in [1.54, 1.807) is 0 Å². The molecule has 2 aromatic carbocycles. The lowest BCUT2D eigenvalue weighted by atomic mass is 9.84. The zero-order chi connectivity index (χ0) is 13.5.